The molecule has 0 aromatic heterocycles. The first-order valence-corrected chi connectivity index (χ1v) is 4.97. The highest BCUT2D eigenvalue weighted by atomic mass is 16.5. The van der Waals surface area contributed by atoms with E-state index in [1.54, 1.807) is 13.0 Å². The highest BCUT2D eigenvalue weighted by Gasteiger charge is 2.37. The predicted octanol–water partition coefficient (Wildman–Crippen LogP) is 1.11. The van der Waals surface area contributed by atoms with E-state index < -0.39 is 17.9 Å². The number of ether oxygens (including phenoxy) is 1. The van der Waals surface area contributed by atoms with Crippen molar-refractivity contribution in [2.24, 2.45) is 11.8 Å². The van der Waals surface area contributed by atoms with Gasteiger partial charge in [-0.3, -0.25) is 4.79 Å². The van der Waals surface area contributed by atoms with E-state index in [-0.39, 0.29) is 11.5 Å². The Balaban J connectivity index is 3.19. The predicted molar refractivity (Wildman–Crippen MR) is 54.2 cm³/mol. The van der Waals surface area contributed by atoms with Crippen LogP contribution in [0.4, 0.5) is 0 Å². The van der Waals surface area contributed by atoms with Gasteiger partial charge in [-0.25, -0.2) is 4.79 Å². The summed E-state index contributed by atoms with van der Waals surface area (Å²) >= 11 is 0. The van der Waals surface area contributed by atoms with Gasteiger partial charge >= 0.3 is 11.9 Å². The normalized spacial score (nSPS) is 27.1. The van der Waals surface area contributed by atoms with Gasteiger partial charge in [0.25, 0.3) is 0 Å². The lowest BCUT2D eigenvalue weighted by atomic mass is 9.92. The van der Waals surface area contributed by atoms with Crippen molar-refractivity contribution in [2.75, 3.05) is 7.11 Å². The van der Waals surface area contributed by atoms with Crippen LogP contribution in [0.15, 0.2) is 11.1 Å². The number of nitrogens with zero attached hydrogens (tertiary/aromatic N) is 1. The summed E-state index contributed by atoms with van der Waals surface area (Å²) in [6.07, 6.45) is 1.14. The second-order valence-electron chi connectivity index (χ2n) is 3.84. The number of esters is 1. The summed E-state index contributed by atoms with van der Waals surface area (Å²) in [7, 11) is 1.17. The molecule has 0 aromatic carbocycles. The Kier molecular flexibility index (Phi) is 3.67. The largest absolute Gasteiger partial charge is 0.481 e. The number of nitriles is 1. The lowest BCUT2D eigenvalue weighted by Crippen LogP contribution is -2.20. The van der Waals surface area contributed by atoms with Crippen LogP contribution >= 0.6 is 0 Å². The van der Waals surface area contributed by atoms with Crippen LogP contribution in [0.5, 0.6) is 0 Å². The molecule has 0 spiro atoms. The number of methoxy groups -OCH3 is 1. The molecule has 1 aliphatic rings. The van der Waals surface area contributed by atoms with Crippen molar-refractivity contribution in [3.63, 3.8) is 0 Å². The van der Waals surface area contributed by atoms with Crippen molar-refractivity contribution in [2.45, 2.75) is 19.8 Å². The lowest BCUT2D eigenvalue weighted by Gasteiger charge is -2.12. The topological polar surface area (TPSA) is 87.4 Å². The first kappa shape index (κ1) is 12.2. The van der Waals surface area contributed by atoms with Gasteiger partial charge in [-0.2, -0.15) is 5.26 Å². The average molecular weight is 223 g/mol. The van der Waals surface area contributed by atoms with Gasteiger partial charge in [-0.15, -0.1) is 0 Å². The Morgan fingerprint density at radius 1 is 1.56 bits per heavy atom. The van der Waals surface area contributed by atoms with Crippen LogP contribution < -0.4 is 0 Å². The molecule has 0 aliphatic heterocycles. The first-order valence-electron chi connectivity index (χ1n) is 4.97. The molecule has 5 nitrogen and oxygen atoms in total. The summed E-state index contributed by atoms with van der Waals surface area (Å²) in [6.45, 7) is 1.80. The molecule has 0 amide bonds. The smallest absolute Gasteiger partial charge is 0.348 e. The maximum atomic E-state index is 11.3. The van der Waals surface area contributed by atoms with Crippen molar-refractivity contribution >= 4 is 11.9 Å². The Morgan fingerprint density at radius 3 is 2.62 bits per heavy atom. The molecule has 86 valence electrons. The molecule has 1 aliphatic carbocycles. The lowest BCUT2D eigenvalue weighted by molar-refractivity contribution is -0.141. The molecule has 1 fully saturated rings. The van der Waals surface area contributed by atoms with Crippen molar-refractivity contribution in [1.82, 2.24) is 0 Å². The zero-order chi connectivity index (χ0) is 12.3. The number of carboxylic acid groups (broad SMARTS) is 1. The van der Waals surface area contributed by atoms with Gasteiger partial charge in [0, 0.05) is 0 Å². The van der Waals surface area contributed by atoms with Gasteiger partial charge in [0.2, 0.25) is 0 Å². The number of carbonyl (C=O) groups is 2. The van der Waals surface area contributed by atoms with E-state index >= 15 is 0 Å². The average Bonchev–Trinajstić information content (AvgIpc) is 2.61. The second-order valence-corrected chi connectivity index (χ2v) is 3.84. The molecular weight excluding hydrogens is 210 g/mol. The minimum atomic E-state index is -0.989. The van der Waals surface area contributed by atoms with Crippen LogP contribution in [0, 0.1) is 23.2 Å². The van der Waals surface area contributed by atoms with Gasteiger partial charge in [0.15, 0.2) is 0 Å². The number of rotatable bonds is 2. The summed E-state index contributed by atoms with van der Waals surface area (Å²) in [5, 5.41) is 17.9. The molecule has 5 heteroatoms. The molecule has 1 saturated carbocycles. The van der Waals surface area contributed by atoms with Crippen LogP contribution in [0.3, 0.4) is 0 Å². The molecule has 1 N–H and O–H groups in total. The second kappa shape index (κ2) is 4.79. The molecule has 16 heavy (non-hydrogen) atoms. The zero-order valence-electron chi connectivity index (χ0n) is 9.19. The van der Waals surface area contributed by atoms with E-state index in [9.17, 15) is 9.59 Å². The summed E-state index contributed by atoms with van der Waals surface area (Å²) in [5.74, 6) is -2.54. The molecule has 2 atom stereocenters. The third-order valence-corrected chi connectivity index (χ3v) is 2.90. The van der Waals surface area contributed by atoms with Crippen LogP contribution in [-0.2, 0) is 14.3 Å². The Bertz CT molecular complexity index is 391. The molecular formula is C11H13NO4. The van der Waals surface area contributed by atoms with Gasteiger partial charge < -0.3 is 9.84 Å². The van der Waals surface area contributed by atoms with E-state index in [0.717, 1.165) is 0 Å². The van der Waals surface area contributed by atoms with Gasteiger partial charge in [-0.1, -0.05) is 6.92 Å². The highest BCUT2D eigenvalue weighted by Crippen LogP contribution is 2.38. The van der Waals surface area contributed by atoms with Crippen LogP contribution in [0.2, 0.25) is 0 Å². The van der Waals surface area contributed by atoms with Crippen molar-refractivity contribution < 1.29 is 19.4 Å². The van der Waals surface area contributed by atoms with Crippen molar-refractivity contribution in [1.29, 1.82) is 5.26 Å². The summed E-state index contributed by atoms with van der Waals surface area (Å²) in [6, 6.07) is 1.74. The molecule has 0 bridgehead atoms. The SMILES string of the molecule is COC(=O)C(C#N)=C1CCC(C)C1C(=O)O. The van der Waals surface area contributed by atoms with Crippen molar-refractivity contribution in [3.8, 4) is 6.07 Å². The molecule has 0 saturated heterocycles. The minimum absolute atomic E-state index is 0.0551. The number of hydrogen-bond acceptors (Lipinski definition) is 4. The Hall–Kier alpha value is -1.83. The molecule has 0 aromatic rings. The number of hydrogen-bond donors (Lipinski definition) is 1. The standard InChI is InChI=1S/C11H13NO4/c1-6-3-4-7(9(6)10(13)14)8(5-12)11(15)16-2/h6,9H,3-4H2,1-2H3,(H,13,14). The number of aliphatic carboxylic acids is 1. The molecule has 1 rings (SSSR count). The van der Waals surface area contributed by atoms with Gasteiger partial charge in [-0.05, 0) is 24.3 Å². The Morgan fingerprint density at radius 2 is 2.19 bits per heavy atom. The fourth-order valence-electron chi connectivity index (χ4n) is 2.07. The molecule has 0 heterocycles. The summed E-state index contributed by atoms with van der Waals surface area (Å²) in [4.78, 5) is 22.4. The fourth-order valence-corrected chi connectivity index (χ4v) is 2.07. The monoisotopic (exact) mass is 223 g/mol. The number of carbonyl (C=O) groups excluding carboxylic acids is 1. The number of carboxylic acids is 1. The van der Waals surface area contributed by atoms with E-state index in [2.05, 4.69) is 4.74 Å². The van der Waals surface area contributed by atoms with Crippen LogP contribution in [0.25, 0.3) is 0 Å². The molecule has 0 radical (unpaired) electrons. The summed E-state index contributed by atoms with van der Waals surface area (Å²) < 4.78 is 4.47. The maximum absolute atomic E-state index is 11.3. The zero-order valence-corrected chi connectivity index (χ0v) is 9.19. The maximum Gasteiger partial charge on any atom is 0.348 e. The third kappa shape index (κ3) is 2.06. The van der Waals surface area contributed by atoms with E-state index in [1.165, 1.54) is 7.11 Å². The van der Waals surface area contributed by atoms with E-state index in [1.807, 2.05) is 0 Å². The van der Waals surface area contributed by atoms with E-state index in [4.69, 9.17) is 10.4 Å². The van der Waals surface area contributed by atoms with Crippen molar-refractivity contribution in [3.05, 3.63) is 11.1 Å². The van der Waals surface area contributed by atoms with Crippen LogP contribution in [-0.4, -0.2) is 24.2 Å². The third-order valence-electron chi connectivity index (χ3n) is 2.90. The van der Waals surface area contributed by atoms with Crippen LogP contribution in [0.1, 0.15) is 19.8 Å². The quantitative estimate of drug-likeness (QED) is 0.430. The molecule has 2 unspecified atom stereocenters. The van der Waals surface area contributed by atoms with Gasteiger partial charge in [0.1, 0.15) is 11.6 Å². The fraction of sp³-hybridized carbons (Fsp3) is 0.545. The van der Waals surface area contributed by atoms with Gasteiger partial charge in [0.05, 0.1) is 13.0 Å². The highest BCUT2D eigenvalue weighted by molar-refractivity contribution is 5.95. The van der Waals surface area contributed by atoms with E-state index in [0.29, 0.717) is 18.4 Å². The minimum Gasteiger partial charge on any atom is -0.481 e. The first-order chi connectivity index (χ1) is 7.52. The summed E-state index contributed by atoms with van der Waals surface area (Å²) in [5.41, 5.74) is 0.244. The Labute approximate surface area is 93.3 Å².